The highest BCUT2D eigenvalue weighted by Crippen LogP contribution is 2.43. The van der Waals surface area contributed by atoms with E-state index in [4.69, 9.17) is 14.4 Å². The Kier molecular flexibility index (Phi) is 5.71. The molecule has 0 saturated carbocycles. The summed E-state index contributed by atoms with van der Waals surface area (Å²) in [5.74, 6) is 0.586. The van der Waals surface area contributed by atoms with Crippen molar-refractivity contribution in [3.63, 3.8) is 0 Å². The summed E-state index contributed by atoms with van der Waals surface area (Å²) in [6, 6.07) is 22.1. The van der Waals surface area contributed by atoms with Crippen LogP contribution in [0.4, 0.5) is 5.88 Å². The number of fused-ring (bicyclic) bond motifs is 4. The lowest BCUT2D eigenvalue weighted by Crippen LogP contribution is -2.36. The molecule has 0 atom stereocenters. The van der Waals surface area contributed by atoms with Crippen molar-refractivity contribution in [2.45, 2.75) is 6.54 Å². The second-order valence-electron chi connectivity index (χ2n) is 8.57. The maximum absolute atomic E-state index is 13.1. The number of rotatable bonds is 5. The fourth-order valence-corrected chi connectivity index (χ4v) is 6.10. The van der Waals surface area contributed by atoms with Crippen LogP contribution in [-0.4, -0.2) is 32.8 Å². The minimum atomic E-state index is -0.0421. The van der Waals surface area contributed by atoms with Crippen molar-refractivity contribution >= 4 is 48.4 Å². The zero-order valence-electron chi connectivity index (χ0n) is 19.0. The van der Waals surface area contributed by atoms with Gasteiger partial charge in [-0.25, -0.2) is 0 Å². The second kappa shape index (κ2) is 9.16. The van der Waals surface area contributed by atoms with Crippen LogP contribution >= 0.6 is 11.3 Å². The fourth-order valence-electron chi connectivity index (χ4n) is 4.83. The summed E-state index contributed by atoms with van der Waals surface area (Å²) in [5, 5.41) is 15.1. The number of hydrogen-bond donors (Lipinski definition) is 1. The first-order valence-corrected chi connectivity index (χ1v) is 12.5. The third-order valence-electron chi connectivity index (χ3n) is 6.49. The van der Waals surface area contributed by atoms with E-state index in [1.54, 1.807) is 17.4 Å². The Morgan fingerprint density at radius 1 is 1.00 bits per heavy atom. The molecule has 1 aliphatic rings. The molecule has 7 heteroatoms. The van der Waals surface area contributed by atoms with Crippen molar-refractivity contribution in [2.75, 3.05) is 37.7 Å². The van der Waals surface area contributed by atoms with Crippen LogP contribution < -0.4 is 15.6 Å². The molecular formula is C28H23N3O3S. The molecule has 174 valence electrons. The molecular weight excluding hydrogens is 458 g/mol. The van der Waals surface area contributed by atoms with Crippen molar-refractivity contribution in [1.29, 1.82) is 5.26 Å². The van der Waals surface area contributed by atoms with E-state index in [1.807, 2.05) is 18.2 Å². The van der Waals surface area contributed by atoms with Gasteiger partial charge >= 0.3 is 0 Å². The lowest BCUT2D eigenvalue weighted by molar-refractivity contribution is 0.121. The molecule has 1 fully saturated rings. The number of nitriles is 1. The first kappa shape index (κ1) is 21.8. The lowest BCUT2D eigenvalue weighted by Gasteiger charge is -2.27. The molecule has 3 heterocycles. The molecule has 0 bridgehead atoms. The van der Waals surface area contributed by atoms with Gasteiger partial charge in [-0.15, -0.1) is 11.3 Å². The highest BCUT2D eigenvalue weighted by atomic mass is 32.1. The molecule has 3 aromatic carbocycles. The number of ether oxygens (including phenoxy) is 1. The number of para-hydroxylation sites is 1. The average molecular weight is 482 g/mol. The Morgan fingerprint density at radius 3 is 2.69 bits per heavy atom. The Labute approximate surface area is 206 Å². The molecule has 0 spiro atoms. The minimum absolute atomic E-state index is 0.0421. The van der Waals surface area contributed by atoms with Crippen LogP contribution in [-0.2, 0) is 11.3 Å². The van der Waals surface area contributed by atoms with Crippen LogP contribution in [0.15, 0.2) is 69.9 Å². The van der Waals surface area contributed by atoms with E-state index in [-0.39, 0.29) is 5.43 Å². The fraction of sp³-hybridized carbons (Fsp3) is 0.214. The van der Waals surface area contributed by atoms with E-state index in [9.17, 15) is 4.79 Å². The van der Waals surface area contributed by atoms with Crippen LogP contribution in [0.25, 0.3) is 42.3 Å². The van der Waals surface area contributed by atoms with Crippen LogP contribution in [0.5, 0.6) is 0 Å². The highest BCUT2D eigenvalue weighted by molar-refractivity contribution is 7.26. The van der Waals surface area contributed by atoms with Gasteiger partial charge in [-0.05, 0) is 17.7 Å². The topological polar surface area (TPSA) is 78.5 Å². The monoisotopic (exact) mass is 481 g/mol. The standard InChI is InChI=1S/C28H23N3O3S/c29-10-11-30-17-18-8-9-20(28-26(18)22-4-1-2-7-24(22)35-28)19-5-3-6-21-23(32)16-25(34-27(19)21)31-12-14-33-15-13-31/h1-9,16,30H,11-15,17H2. The molecule has 0 amide bonds. The first-order valence-electron chi connectivity index (χ1n) is 11.7. The molecule has 0 unspecified atom stereocenters. The summed E-state index contributed by atoms with van der Waals surface area (Å²) >= 11 is 1.74. The van der Waals surface area contributed by atoms with Crippen LogP contribution in [0.1, 0.15) is 5.56 Å². The van der Waals surface area contributed by atoms with Gasteiger partial charge in [0.25, 0.3) is 0 Å². The summed E-state index contributed by atoms with van der Waals surface area (Å²) < 4.78 is 14.2. The third-order valence-corrected chi connectivity index (χ3v) is 7.69. The molecule has 2 aromatic heterocycles. The van der Waals surface area contributed by atoms with Crippen molar-refractivity contribution in [3.05, 3.63) is 76.5 Å². The Bertz CT molecular complexity index is 1660. The molecule has 35 heavy (non-hydrogen) atoms. The number of benzene rings is 3. The number of nitrogens with zero attached hydrogens (tertiary/aromatic N) is 2. The zero-order chi connectivity index (χ0) is 23.8. The van der Waals surface area contributed by atoms with Crippen LogP contribution in [0.2, 0.25) is 0 Å². The number of thiophene rings is 1. The predicted molar refractivity (Wildman–Crippen MR) is 141 cm³/mol. The van der Waals surface area contributed by atoms with Gasteiger partial charge in [0.05, 0.1) is 31.2 Å². The lowest BCUT2D eigenvalue weighted by atomic mass is 9.97. The largest absolute Gasteiger partial charge is 0.440 e. The van der Waals surface area contributed by atoms with Crippen LogP contribution in [0.3, 0.4) is 0 Å². The molecule has 6 nitrogen and oxygen atoms in total. The van der Waals surface area contributed by atoms with Gasteiger partial charge in [-0.3, -0.25) is 4.79 Å². The quantitative estimate of drug-likeness (QED) is 0.272. The van der Waals surface area contributed by atoms with E-state index in [0.29, 0.717) is 56.2 Å². The van der Waals surface area contributed by atoms with Crippen molar-refractivity contribution in [2.24, 2.45) is 0 Å². The van der Waals surface area contributed by atoms with Gasteiger partial charge in [0.15, 0.2) is 11.3 Å². The molecule has 6 rings (SSSR count). The zero-order valence-corrected chi connectivity index (χ0v) is 19.9. The smallest absolute Gasteiger partial charge is 0.200 e. The normalized spacial score (nSPS) is 14.1. The van der Waals surface area contributed by atoms with Crippen molar-refractivity contribution < 1.29 is 9.15 Å². The summed E-state index contributed by atoms with van der Waals surface area (Å²) in [6.07, 6.45) is 0. The summed E-state index contributed by atoms with van der Waals surface area (Å²) in [5.41, 5.74) is 3.66. The average Bonchev–Trinajstić information content (AvgIpc) is 3.29. The number of anilines is 1. The van der Waals surface area contributed by atoms with E-state index in [2.05, 4.69) is 52.7 Å². The molecule has 5 aromatic rings. The number of nitrogens with one attached hydrogen (secondary N) is 1. The van der Waals surface area contributed by atoms with Gasteiger partial charge in [0.2, 0.25) is 0 Å². The van der Waals surface area contributed by atoms with Gasteiger partial charge in [-0.2, -0.15) is 5.26 Å². The maximum atomic E-state index is 13.1. The second-order valence-corrected chi connectivity index (χ2v) is 9.62. The SMILES string of the molecule is N#CCNCc1ccc(-c2cccc3c(=O)cc(N4CCOCC4)oc23)c2sc3ccccc3c12. The van der Waals surface area contributed by atoms with Gasteiger partial charge < -0.3 is 19.4 Å². The molecule has 0 aliphatic carbocycles. The summed E-state index contributed by atoms with van der Waals surface area (Å²) in [4.78, 5) is 15.2. The molecule has 1 saturated heterocycles. The minimum Gasteiger partial charge on any atom is -0.440 e. The predicted octanol–water partition coefficient (Wildman–Crippen LogP) is 5.28. The Morgan fingerprint density at radius 2 is 1.83 bits per heavy atom. The molecule has 1 N–H and O–H groups in total. The molecule has 0 radical (unpaired) electrons. The third kappa shape index (κ3) is 3.86. The Balaban J connectivity index is 1.59. The van der Waals surface area contributed by atoms with E-state index in [0.717, 1.165) is 21.4 Å². The maximum Gasteiger partial charge on any atom is 0.200 e. The summed E-state index contributed by atoms with van der Waals surface area (Å²) in [6.45, 7) is 3.53. The van der Waals surface area contributed by atoms with E-state index >= 15 is 0 Å². The summed E-state index contributed by atoms with van der Waals surface area (Å²) in [7, 11) is 0. The Hall–Kier alpha value is -3.70. The van der Waals surface area contributed by atoms with Crippen LogP contribution in [0, 0.1) is 11.3 Å². The first-order chi connectivity index (χ1) is 17.2. The highest BCUT2D eigenvalue weighted by Gasteiger charge is 2.20. The van der Waals surface area contributed by atoms with Gasteiger partial charge in [0.1, 0.15) is 5.58 Å². The number of morpholine rings is 1. The number of hydrogen-bond acceptors (Lipinski definition) is 7. The van der Waals surface area contributed by atoms with Crippen molar-refractivity contribution in [3.8, 4) is 17.2 Å². The van der Waals surface area contributed by atoms with Gasteiger partial charge in [0, 0.05) is 57.0 Å². The molecule has 1 aliphatic heterocycles. The van der Waals surface area contributed by atoms with E-state index < -0.39 is 0 Å². The van der Waals surface area contributed by atoms with Crippen molar-refractivity contribution in [1.82, 2.24) is 5.32 Å². The van der Waals surface area contributed by atoms with Gasteiger partial charge in [-0.1, -0.05) is 42.5 Å². The van der Waals surface area contributed by atoms with E-state index in [1.165, 1.54) is 15.5 Å².